The van der Waals surface area contributed by atoms with Crippen LogP contribution in [0, 0.1) is 0 Å². The quantitative estimate of drug-likeness (QED) is 0.158. The van der Waals surface area contributed by atoms with Crippen LogP contribution in [0.4, 0.5) is 17.1 Å². The van der Waals surface area contributed by atoms with E-state index in [1.807, 2.05) is 63.2 Å². The van der Waals surface area contributed by atoms with Crippen LogP contribution < -0.4 is 9.64 Å². The van der Waals surface area contributed by atoms with Gasteiger partial charge in [-0.25, -0.2) is 0 Å². The summed E-state index contributed by atoms with van der Waals surface area (Å²) in [5.74, 6) is 1.80. The summed E-state index contributed by atoms with van der Waals surface area (Å²) in [4.78, 5) is 2.26. The first kappa shape index (κ1) is 33.0. The maximum Gasteiger partial charge on any atom is 0.248 e. The van der Waals surface area contributed by atoms with Crippen molar-refractivity contribution in [2.75, 3.05) is 4.90 Å². The second-order valence-corrected chi connectivity index (χ2v) is 14.3. The normalized spacial score (nSPS) is 11.6. The summed E-state index contributed by atoms with van der Waals surface area (Å²) < 4.78 is 14.5. The van der Waals surface area contributed by atoms with Crippen LogP contribution in [-0.4, -0.2) is 20.4 Å². The summed E-state index contributed by atoms with van der Waals surface area (Å²) in [7, 11) is 0. The van der Waals surface area contributed by atoms with Crippen LogP contribution in [-0.2, 0) is 0 Å². The number of hydrogen-bond donors (Lipinski definition) is 0. The van der Waals surface area contributed by atoms with E-state index < -0.39 is 0 Å². The van der Waals surface area contributed by atoms with E-state index in [1.165, 1.54) is 21.8 Å². The number of benzene rings is 7. The molecule has 54 heavy (non-hydrogen) atoms. The minimum atomic E-state index is -0.236. The number of rotatable bonds is 8. The molecule has 2 heterocycles. The molecule has 7 aromatic carbocycles. The molecule has 0 unspecified atom stereocenters. The van der Waals surface area contributed by atoms with E-state index in [4.69, 9.17) is 9.15 Å². The zero-order valence-electron chi connectivity index (χ0n) is 30.3. The van der Waals surface area contributed by atoms with Crippen LogP contribution >= 0.6 is 0 Å². The van der Waals surface area contributed by atoms with Gasteiger partial charge in [-0.15, -0.1) is 10.2 Å². The second-order valence-electron chi connectivity index (χ2n) is 14.3. The molecular formula is C48H38N4O2. The third kappa shape index (κ3) is 6.39. The average molecular weight is 703 g/mol. The maximum atomic E-state index is 6.19. The highest BCUT2D eigenvalue weighted by atomic mass is 16.5. The van der Waals surface area contributed by atoms with Crippen molar-refractivity contribution in [2.24, 2.45) is 0 Å². The van der Waals surface area contributed by atoms with Crippen molar-refractivity contribution in [1.29, 1.82) is 0 Å². The number of para-hydroxylation sites is 3. The molecule has 0 bridgehead atoms. The predicted octanol–water partition coefficient (Wildman–Crippen LogP) is 12.8. The fourth-order valence-corrected chi connectivity index (χ4v) is 7.06. The van der Waals surface area contributed by atoms with Crippen molar-refractivity contribution in [3.8, 4) is 45.5 Å². The fraction of sp³-hybridized carbons (Fsp3) is 0.0833. The molecular weight excluding hydrogens is 665 g/mol. The number of ether oxygens (including phenoxy) is 1. The first-order chi connectivity index (χ1) is 26.4. The Labute approximate surface area is 314 Å². The Morgan fingerprint density at radius 3 is 1.43 bits per heavy atom. The molecule has 0 N–H and O–H groups in total. The molecule has 0 spiro atoms. The molecule has 0 saturated heterocycles. The molecule has 9 aromatic rings. The lowest BCUT2D eigenvalue weighted by Gasteiger charge is -2.26. The second kappa shape index (κ2) is 13.6. The van der Waals surface area contributed by atoms with Crippen molar-refractivity contribution in [2.45, 2.75) is 26.4 Å². The Morgan fingerprint density at radius 2 is 0.889 bits per heavy atom. The summed E-state index contributed by atoms with van der Waals surface area (Å²) in [5, 5.41) is 11.3. The predicted molar refractivity (Wildman–Crippen MR) is 220 cm³/mol. The first-order valence-electron chi connectivity index (χ1n) is 18.2. The highest BCUT2D eigenvalue weighted by molar-refractivity contribution is 6.09. The molecule has 9 rings (SSSR count). The van der Waals surface area contributed by atoms with Crippen LogP contribution in [0.5, 0.6) is 5.75 Å². The molecule has 0 atom stereocenters. The number of anilines is 3. The van der Waals surface area contributed by atoms with Gasteiger partial charge in [0, 0.05) is 44.6 Å². The Balaban J connectivity index is 0.970. The van der Waals surface area contributed by atoms with E-state index in [9.17, 15) is 0 Å². The van der Waals surface area contributed by atoms with Gasteiger partial charge in [-0.2, -0.15) is 0 Å². The van der Waals surface area contributed by atoms with Gasteiger partial charge >= 0.3 is 0 Å². The molecule has 0 saturated carbocycles. The van der Waals surface area contributed by atoms with Gasteiger partial charge < -0.3 is 18.6 Å². The smallest absolute Gasteiger partial charge is 0.248 e. The van der Waals surface area contributed by atoms with Gasteiger partial charge in [0.05, 0.1) is 11.0 Å². The van der Waals surface area contributed by atoms with Gasteiger partial charge in [0.15, 0.2) is 0 Å². The van der Waals surface area contributed by atoms with Crippen molar-refractivity contribution in [3.05, 3.63) is 176 Å². The minimum absolute atomic E-state index is 0.236. The maximum absolute atomic E-state index is 6.19. The largest absolute Gasteiger partial charge is 0.488 e. The SMILES string of the molecule is CC(C)(C)Oc1ccc(-c2ccc(-c3nnc(-c4ccc(N(c5ccccc5)c5ccc(-n6c7ccccc7c7ccccc76)cc5)cc4)o3)cc2)cc1. The van der Waals surface area contributed by atoms with E-state index in [1.54, 1.807) is 0 Å². The fourth-order valence-electron chi connectivity index (χ4n) is 7.06. The Bertz CT molecular complexity index is 2630. The standard InChI is InChI=1S/C48H38N4O2/c1-48(2,3)54-41-31-23-34(24-32-41)33-17-19-35(20-18-33)46-49-50-47(53-46)36-21-25-38(26-22-36)51(37-11-5-4-6-12-37)39-27-29-40(30-28-39)52-44-15-9-7-13-42(44)43-14-8-10-16-45(43)52/h4-32H,1-3H3. The van der Waals surface area contributed by atoms with Crippen molar-refractivity contribution >= 4 is 38.9 Å². The van der Waals surface area contributed by atoms with Crippen LogP contribution in [0.15, 0.2) is 180 Å². The molecule has 2 aromatic heterocycles. The van der Waals surface area contributed by atoms with E-state index in [2.05, 4.69) is 153 Å². The van der Waals surface area contributed by atoms with Crippen molar-refractivity contribution in [1.82, 2.24) is 14.8 Å². The van der Waals surface area contributed by atoms with Crippen molar-refractivity contribution in [3.63, 3.8) is 0 Å². The summed E-state index contributed by atoms with van der Waals surface area (Å²) in [6.45, 7) is 6.14. The lowest BCUT2D eigenvalue weighted by atomic mass is 10.0. The molecule has 0 aliphatic carbocycles. The van der Waals surface area contributed by atoms with Crippen LogP contribution in [0.1, 0.15) is 20.8 Å². The molecule has 262 valence electrons. The first-order valence-corrected chi connectivity index (χ1v) is 18.2. The topological polar surface area (TPSA) is 56.3 Å². The highest BCUT2D eigenvalue weighted by Gasteiger charge is 2.17. The van der Waals surface area contributed by atoms with E-state index in [-0.39, 0.29) is 5.60 Å². The van der Waals surface area contributed by atoms with Gasteiger partial charge in [0.25, 0.3) is 0 Å². The van der Waals surface area contributed by atoms with E-state index >= 15 is 0 Å². The minimum Gasteiger partial charge on any atom is -0.488 e. The highest BCUT2D eigenvalue weighted by Crippen LogP contribution is 2.38. The van der Waals surface area contributed by atoms with Gasteiger partial charge in [-0.05, 0) is 129 Å². The van der Waals surface area contributed by atoms with Crippen LogP contribution in [0.3, 0.4) is 0 Å². The number of fused-ring (bicyclic) bond motifs is 3. The van der Waals surface area contributed by atoms with Gasteiger partial charge in [-0.3, -0.25) is 0 Å². The molecule has 0 aliphatic rings. The molecule has 0 aliphatic heterocycles. The van der Waals surface area contributed by atoms with Gasteiger partial charge in [0.1, 0.15) is 11.4 Å². The molecule has 0 fully saturated rings. The molecule has 0 radical (unpaired) electrons. The Hall–Kier alpha value is -6.92. The summed E-state index contributed by atoms with van der Waals surface area (Å²) >= 11 is 0. The van der Waals surface area contributed by atoms with E-state index in [0.29, 0.717) is 11.8 Å². The van der Waals surface area contributed by atoms with E-state index in [0.717, 1.165) is 50.8 Å². The summed E-state index contributed by atoms with van der Waals surface area (Å²) in [6, 6.07) is 61.0. The van der Waals surface area contributed by atoms with Crippen LogP contribution in [0.25, 0.3) is 61.5 Å². The monoisotopic (exact) mass is 702 g/mol. The van der Waals surface area contributed by atoms with Crippen molar-refractivity contribution < 1.29 is 9.15 Å². The number of hydrogen-bond acceptors (Lipinski definition) is 5. The molecule has 0 amide bonds. The summed E-state index contributed by atoms with van der Waals surface area (Å²) in [5.41, 5.74) is 10.3. The third-order valence-corrected chi connectivity index (χ3v) is 9.50. The molecule has 6 heteroatoms. The van der Waals surface area contributed by atoms with Gasteiger partial charge in [0.2, 0.25) is 11.8 Å². The number of aromatic nitrogens is 3. The zero-order chi connectivity index (χ0) is 36.6. The third-order valence-electron chi connectivity index (χ3n) is 9.50. The zero-order valence-corrected chi connectivity index (χ0v) is 30.3. The summed E-state index contributed by atoms with van der Waals surface area (Å²) in [6.07, 6.45) is 0. The van der Waals surface area contributed by atoms with Gasteiger partial charge in [-0.1, -0.05) is 78.9 Å². The van der Waals surface area contributed by atoms with Crippen LogP contribution in [0.2, 0.25) is 0 Å². The Kier molecular flexibility index (Phi) is 8.28. The average Bonchev–Trinajstić information content (AvgIpc) is 3.83. The lowest BCUT2D eigenvalue weighted by Crippen LogP contribution is -2.22. The lowest BCUT2D eigenvalue weighted by molar-refractivity contribution is 0.131. The Morgan fingerprint density at radius 1 is 0.463 bits per heavy atom. The number of nitrogens with zero attached hydrogens (tertiary/aromatic N) is 4. The molecule has 6 nitrogen and oxygen atoms in total.